The normalized spacial score (nSPS) is 18.2. The van der Waals surface area contributed by atoms with E-state index in [4.69, 9.17) is 9.15 Å². The Morgan fingerprint density at radius 1 is 0.964 bits per heavy atom. The highest BCUT2D eigenvalue weighted by Gasteiger charge is 2.27. The van der Waals surface area contributed by atoms with Crippen molar-refractivity contribution in [3.63, 3.8) is 0 Å². The molecule has 1 aromatic heterocycles. The van der Waals surface area contributed by atoms with Crippen LogP contribution in [0.1, 0.15) is 23.9 Å². The summed E-state index contributed by atoms with van der Waals surface area (Å²) in [6.45, 7) is 7.73. The molecule has 0 aromatic carbocycles. The largest absolute Gasteiger partial charge is 0.459 e. The number of amides is 3. The lowest BCUT2D eigenvalue weighted by molar-refractivity contribution is -0.133. The molecule has 2 saturated heterocycles. The van der Waals surface area contributed by atoms with Crippen LogP contribution in [0.4, 0.5) is 4.79 Å². The third kappa shape index (κ3) is 5.03. The summed E-state index contributed by atoms with van der Waals surface area (Å²) in [5.41, 5.74) is 0. The highest BCUT2D eigenvalue weighted by molar-refractivity contribution is 5.91. The molecule has 28 heavy (non-hydrogen) atoms. The molecule has 9 nitrogen and oxygen atoms in total. The highest BCUT2D eigenvalue weighted by atomic mass is 16.6. The van der Waals surface area contributed by atoms with Crippen molar-refractivity contribution in [1.82, 2.24) is 19.6 Å². The van der Waals surface area contributed by atoms with Crippen molar-refractivity contribution in [2.75, 3.05) is 65.5 Å². The molecule has 9 heteroatoms. The zero-order valence-electron chi connectivity index (χ0n) is 16.3. The lowest BCUT2D eigenvalue weighted by Gasteiger charge is -2.36. The summed E-state index contributed by atoms with van der Waals surface area (Å²) in [6, 6.07) is 3.35. The number of hydrogen-bond acceptors (Lipinski definition) is 6. The van der Waals surface area contributed by atoms with Gasteiger partial charge in [0.15, 0.2) is 5.76 Å². The van der Waals surface area contributed by atoms with Crippen LogP contribution in [0.2, 0.25) is 0 Å². The third-order valence-corrected chi connectivity index (χ3v) is 5.19. The molecule has 0 unspecified atom stereocenters. The molecule has 0 aliphatic carbocycles. The quantitative estimate of drug-likeness (QED) is 0.734. The smallest absolute Gasteiger partial charge is 0.409 e. The average Bonchev–Trinajstić information content (AvgIpc) is 3.27. The van der Waals surface area contributed by atoms with Crippen LogP contribution in [-0.2, 0) is 9.53 Å². The predicted molar refractivity (Wildman–Crippen MR) is 101 cm³/mol. The topological polar surface area (TPSA) is 86.5 Å². The van der Waals surface area contributed by atoms with Crippen molar-refractivity contribution in [3.8, 4) is 0 Å². The first-order chi connectivity index (χ1) is 13.6. The molecule has 0 spiro atoms. The van der Waals surface area contributed by atoms with Gasteiger partial charge in [0, 0.05) is 65.3 Å². The monoisotopic (exact) mass is 392 g/mol. The van der Waals surface area contributed by atoms with Crippen molar-refractivity contribution in [3.05, 3.63) is 24.2 Å². The molecular formula is C19H28N4O5. The SMILES string of the molecule is CCOC(=O)N1CCN(CCC(=O)N2CCN(C(=O)c3ccco3)CC2)CC1. The maximum Gasteiger partial charge on any atom is 0.409 e. The van der Waals surface area contributed by atoms with Gasteiger partial charge in [-0.05, 0) is 19.1 Å². The minimum absolute atomic E-state index is 0.109. The Balaban J connectivity index is 1.35. The van der Waals surface area contributed by atoms with Crippen LogP contribution in [0.25, 0.3) is 0 Å². The fourth-order valence-corrected chi connectivity index (χ4v) is 3.50. The molecule has 2 aliphatic rings. The van der Waals surface area contributed by atoms with Crippen LogP contribution in [0.3, 0.4) is 0 Å². The molecule has 2 fully saturated rings. The zero-order chi connectivity index (χ0) is 19.9. The van der Waals surface area contributed by atoms with Crippen molar-refractivity contribution < 1.29 is 23.5 Å². The number of ether oxygens (including phenoxy) is 1. The van der Waals surface area contributed by atoms with Crippen LogP contribution in [0.5, 0.6) is 0 Å². The molecule has 0 N–H and O–H groups in total. The first kappa shape index (κ1) is 20.2. The number of carbonyl (C=O) groups excluding carboxylic acids is 3. The second-order valence-electron chi connectivity index (χ2n) is 6.93. The highest BCUT2D eigenvalue weighted by Crippen LogP contribution is 2.11. The minimum atomic E-state index is -0.264. The molecule has 1 aromatic rings. The van der Waals surface area contributed by atoms with Crippen molar-refractivity contribution in [1.29, 1.82) is 0 Å². The predicted octanol–water partition coefficient (Wildman–Crippen LogP) is 0.728. The average molecular weight is 392 g/mol. The number of furan rings is 1. The first-order valence-electron chi connectivity index (χ1n) is 9.83. The summed E-state index contributed by atoms with van der Waals surface area (Å²) in [4.78, 5) is 43.9. The summed E-state index contributed by atoms with van der Waals surface area (Å²) in [6.07, 6.45) is 1.67. The van der Waals surface area contributed by atoms with E-state index < -0.39 is 0 Å². The van der Waals surface area contributed by atoms with Crippen LogP contribution in [0.15, 0.2) is 22.8 Å². The van der Waals surface area contributed by atoms with Crippen molar-refractivity contribution in [2.24, 2.45) is 0 Å². The summed E-state index contributed by atoms with van der Waals surface area (Å²) in [5, 5.41) is 0. The van der Waals surface area contributed by atoms with E-state index in [2.05, 4.69) is 4.90 Å². The molecule has 3 amide bonds. The Morgan fingerprint density at radius 2 is 1.61 bits per heavy atom. The molecule has 3 heterocycles. The molecular weight excluding hydrogens is 364 g/mol. The van der Waals surface area contributed by atoms with E-state index in [9.17, 15) is 14.4 Å². The van der Waals surface area contributed by atoms with Gasteiger partial charge < -0.3 is 23.9 Å². The molecule has 154 valence electrons. The number of rotatable bonds is 5. The van der Waals surface area contributed by atoms with Crippen molar-refractivity contribution >= 4 is 17.9 Å². The Labute approximate surface area is 164 Å². The Kier molecular flexibility index (Phi) is 6.91. The van der Waals surface area contributed by atoms with E-state index in [1.807, 2.05) is 4.90 Å². The summed E-state index contributed by atoms with van der Waals surface area (Å²) in [7, 11) is 0. The molecule has 0 bridgehead atoms. The molecule has 3 rings (SSSR count). The van der Waals surface area contributed by atoms with Gasteiger partial charge in [0.25, 0.3) is 5.91 Å². The fraction of sp³-hybridized carbons (Fsp3) is 0.632. The molecule has 0 atom stereocenters. The fourth-order valence-electron chi connectivity index (χ4n) is 3.50. The molecule has 0 radical (unpaired) electrons. The van der Waals surface area contributed by atoms with Gasteiger partial charge in [-0.25, -0.2) is 4.79 Å². The van der Waals surface area contributed by atoms with Crippen LogP contribution in [0, 0.1) is 0 Å². The number of piperazine rings is 2. The van der Waals surface area contributed by atoms with Gasteiger partial charge >= 0.3 is 6.09 Å². The van der Waals surface area contributed by atoms with Crippen LogP contribution < -0.4 is 0 Å². The van der Waals surface area contributed by atoms with E-state index in [-0.39, 0.29) is 17.9 Å². The number of hydrogen-bond donors (Lipinski definition) is 0. The van der Waals surface area contributed by atoms with Gasteiger partial charge in [0.2, 0.25) is 5.91 Å². The lowest BCUT2D eigenvalue weighted by atomic mass is 10.2. The Morgan fingerprint density at radius 3 is 2.21 bits per heavy atom. The van der Waals surface area contributed by atoms with Gasteiger partial charge in [0.05, 0.1) is 12.9 Å². The van der Waals surface area contributed by atoms with E-state index in [1.165, 1.54) is 6.26 Å². The minimum Gasteiger partial charge on any atom is -0.459 e. The van der Waals surface area contributed by atoms with Gasteiger partial charge in [-0.15, -0.1) is 0 Å². The van der Waals surface area contributed by atoms with Gasteiger partial charge in [0.1, 0.15) is 0 Å². The second-order valence-corrected chi connectivity index (χ2v) is 6.93. The standard InChI is InChI=1S/C19H28N4O5/c1-2-27-19(26)23-9-7-20(8-10-23)6-5-17(24)21-11-13-22(14-12-21)18(25)16-4-3-15-28-16/h3-4,15H,2,5-14H2,1H3. The van der Waals surface area contributed by atoms with E-state index in [0.717, 1.165) is 13.1 Å². The maximum absolute atomic E-state index is 12.5. The van der Waals surface area contributed by atoms with Crippen LogP contribution in [-0.4, -0.2) is 103 Å². The Hall–Kier alpha value is -2.55. The molecule has 0 saturated carbocycles. The van der Waals surface area contributed by atoms with Gasteiger partial charge in [-0.1, -0.05) is 0 Å². The summed E-state index contributed by atoms with van der Waals surface area (Å²) < 4.78 is 10.2. The third-order valence-electron chi connectivity index (χ3n) is 5.19. The first-order valence-corrected chi connectivity index (χ1v) is 9.83. The molecule has 2 aliphatic heterocycles. The van der Waals surface area contributed by atoms with Crippen LogP contribution >= 0.6 is 0 Å². The second kappa shape index (κ2) is 9.59. The van der Waals surface area contributed by atoms with Gasteiger partial charge in [-0.3, -0.25) is 14.5 Å². The van der Waals surface area contributed by atoms with E-state index in [1.54, 1.807) is 28.9 Å². The number of carbonyl (C=O) groups is 3. The zero-order valence-corrected chi connectivity index (χ0v) is 16.3. The number of nitrogens with zero attached hydrogens (tertiary/aromatic N) is 4. The maximum atomic E-state index is 12.5. The van der Waals surface area contributed by atoms with Gasteiger partial charge in [-0.2, -0.15) is 0 Å². The summed E-state index contributed by atoms with van der Waals surface area (Å²) in [5.74, 6) is 0.316. The summed E-state index contributed by atoms with van der Waals surface area (Å²) >= 11 is 0. The van der Waals surface area contributed by atoms with Crippen molar-refractivity contribution in [2.45, 2.75) is 13.3 Å². The van der Waals surface area contributed by atoms with E-state index in [0.29, 0.717) is 64.6 Å². The lowest BCUT2D eigenvalue weighted by Crippen LogP contribution is -2.52. The van der Waals surface area contributed by atoms with E-state index >= 15 is 0 Å². The Bertz CT molecular complexity index is 662.